The number of nitrogens with zero attached hydrogens (tertiary/aromatic N) is 4. The summed E-state index contributed by atoms with van der Waals surface area (Å²) < 4.78 is 41.5. The van der Waals surface area contributed by atoms with Gasteiger partial charge in [-0.1, -0.05) is 0 Å². The molecule has 0 amide bonds. The Morgan fingerprint density at radius 1 is 1.38 bits per heavy atom. The number of hydrogen-bond donors (Lipinski definition) is 0. The predicted octanol–water partition coefficient (Wildman–Crippen LogP) is 3.38. The van der Waals surface area contributed by atoms with E-state index in [0.29, 0.717) is 13.1 Å². The highest BCUT2D eigenvalue weighted by Crippen LogP contribution is 2.39. The zero-order valence-corrected chi connectivity index (χ0v) is 13.2. The molecule has 1 aromatic heterocycles. The van der Waals surface area contributed by atoms with Crippen LogP contribution >= 0.6 is 0 Å². The van der Waals surface area contributed by atoms with Crippen LogP contribution in [0.15, 0.2) is 30.6 Å². The van der Waals surface area contributed by atoms with Crippen molar-refractivity contribution in [3.63, 3.8) is 0 Å². The number of benzene rings is 1. The summed E-state index contributed by atoms with van der Waals surface area (Å²) in [5, 5.41) is 13.1. The Balaban J connectivity index is 1.81. The summed E-state index contributed by atoms with van der Waals surface area (Å²) in [7, 11) is 1.84. The topological polar surface area (TPSA) is 44.9 Å². The molecule has 0 saturated carbocycles. The van der Waals surface area contributed by atoms with E-state index in [1.165, 1.54) is 12.1 Å². The van der Waals surface area contributed by atoms with E-state index >= 15 is 0 Å². The average molecular weight is 334 g/mol. The van der Waals surface area contributed by atoms with Crippen molar-refractivity contribution >= 4 is 5.69 Å². The summed E-state index contributed by atoms with van der Waals surface area (Å²) in [4.78, 5) is 1.74. The van der Waals surface area contributed by atoms with Crippen molar-refractivity contribution in [2.75, 3.05) is 18.0 Å². The number of aryl methyl sites for hydroxylation is 1. The normalized spacial score (nSPS) is 18.0. The van der Waals surface area contributed by atoms with Crippen LogP contribution in [0, 0.1) is 17.2 Å². The molecule has 2 heterocycles. The standard InChI is InChI=1S/C17H17F3N4/c1-23-10-14(9-22-23)6-13-4-5-24(11-13)16-7-12(8-21)2-3-15(16)17(18,19)20/h2-3,7,9-10,13H,4-6,11H2,1H3. The van der Waals surface area contributed by atoms with Gasteiger partial charge in [-0.15, -0.1) is 0 Å². The summed E-state index contributed by atoms with van der Waals surface area (Å²) >= 11 is 0. The minimum absolute atomic E-state index is 0.107. The van der Waals surface area contributed by atoms with Gasteiger partial charge in [0.2, 0.25) is 0 Å². The number of nitriles is 1. The molecule has 7 heteroatoms. The molecule has 0 aliphatic carbocycles. The van der Waals surface area contributed by atoms with Crippen LogP contribution in [-0.2, 0) is 19.6 Å². The third-order valence-electron chi connectivity index (χ3n) is 4.34. The maximum atomic E-state index is 13.3. The molecule has 3 rings (SSSR count). The minimum Gasteiger partial charge on any atom is -0.371 e. The molecule has 1 atom stereocenters. The fourth-order valence-electron chi connectivity index (χ4n) is 3.23. The van der Waals surface area contributed by atoms with Gasteiger partial charge < -0.3 is 4.90 Å². The van der Waals surface area contributed by atoms with Gasteiger partial charge in [-0.2, -0.15) is 23.5 Å². The van der Waals surface area contributed by atoms with Crippen molar-refractivity contribution in [3.8, 4) is 6.07 Å². The van der Waals surface area contributed by atoms with Crippen LogP contribution < -0.4 is 4.90 Å². The van der Waals surface area contributed by atoms with E-state index in [1.807, 2.05) is 19.3 Å². The highest BCUT2D eigenvalue weighted by Gasteiger charge is 2.36. The van der Waals surface area contributed by atoms with Crippen molar-refractivity contribution < 1.29 is 13.2 Å². The molecule has 2 aromatic rings. The Hall–Kier alpha value is -2.49. The Morgan fingerprint density at radius 2 is 2.17 bits per heavy atom. The molecule has 0 radical (unpaired) electrons. The van der Waals surface area contributed by atoms with Crippen LogP contribution in [0.1, 0.15) is 23.1 Å². The quantitative estimate of drug-likeness (QED) is 0.864. The molecule has 1 aliphatic rings. The van der Waals surface area contributed by atoms with E-state index in [-0.39, 0.29) is 17.2 Å². The summed E-state index contributed by atoms with van der Waals surface area (Å²) in [5.74, 6) is 0.279. The van der Waals surface area contributed by atoms with Crippen LogP contribution in [0.3, 0.4) is 0 Å². The molecule has 1 unspecified atom stereocenters. The predicted molar refractivity (Wildman–Crippen MR) is 83.4 cm³/mol. The fraction of sp³-hybridized carbons (Fsp3) is 0.412. The van der Waals surface area contributed by atoms with Gasteiger partial charge in [0.25, 0.3) is 0 Å². The number of hydrogen-bond acceptors (Lipinski definition) is 3. The smallest absolute Gasteiger partial charge is 0.371 e. The van der Waals surface area contributed by atoms with Gasteiger partial charge in [-0.3, -0.25) is 4.68 Å². The van der Waals surface area contributed by atoms with E-state index in [2.05, 4.69) is 5.10 Å². The summed E-state index contributed by atoms with van der Waals surface area (Å²) in [6, 6.07) is 5.48. The Bertz CT molecular complexity index is 773. The van der Waals surface area contributed by atoms with Gasteiger partial charge in [0, 0.05) is 26.3 Å². The second-order valence-electron chi connectivity index (χ2n) is 6.17. The van der Waals surface area contributed by atoms with Crippen molar-refractivity contribution in [3.05, 3.63) is 47.3 Å². The largest absolute Gasteiger partial charge is 0.418 e. The van der Waals surface area contributed by atoms with Gasteiger partial charge in [0.15, 0.2) is 0 Å². The van der Waals surface area contributed by atoms with Crippen LogP contribution in [0.5, 0.6) is 0 Å². The lowest BCUT2D eigenvalue weighted by Gasteiger charge is -2.23. The van der Waals surface area contributed by atoms with Gasteiger partial charge in [0.1, 0.15) is 0 Å². The number of anilines is 1. The summed E-state index contributed by atoms with van der Waals surface area (Å²) in [6.45, 7) is 1.11. The lowest BCUT2D eigenvalue weighted by Crippen LogP contribution is -2.24. The monoisotopic (exact) mass is 334 g/mol. The van der Waals surface area contributed by atoms with E-state index in [1.54, 1.807) is 15.8 Å². The summed E-state index contributed by atoms with van der Waals surface area (Å²) in [6.07, 6.45) is 0.914. The molecule has 1 fully saturated rings. The van der Waals surface area contributed by atoms with Crippen LogP contribution in [0.25, 0.3) is 0 Å². The van der Waals surface area contributed by atoms with Gasteiger partial charge in [-0.25, -0.2) is 0 Å². The molecule has 24 heavy (non-hydrogen) atoms. The first-order valence-electron chi connectivity index (χ1n) is 7.70. The fourth-order valence-corrected chi connectivity index (χ4v) is 3.23. The number of alkyl halides is 3. The minimum atomic E-state index is -4.43. The van der Waals surface area contributed by atoms with Crippen molar-refractivity contribution in [2.45, 2.75) is 19.0 Å². The van der Waals surface area contributed by atoms with Gasteiger partial charge in [0.05, 0.1) is 29.1 Å². The zero-order chi connectivity index (χ0) is 17.3. The van der Waals surface area contributed by atoms with Crippen molar-refractivity contribution in [2.24, 2.45) is 13.0 Å². The molecule has 4 nitrogen and oxygen atoms in total. The van der Waals surface area contributed by atoms with Crippen molar-refractivity contribution in [1.29, 1.82) is 5.26 Å². The molecular formula is C17H17F3N4. The molecule has 0 bridgehead atoms. The zero-order valence-electron chi connectivity index (χ0n) is 13.2. The number of aromatic nitrogens is 2. The molecule has 1 aliphatic heterocycles. The van der Waals surface area contributed by atoms with E-state index in [9.17, 15) is 13.2 Å². The number of rotatable bonds is 3. The van der Waals surface area contributed by atoms with E-state index in [4.69, 9.17) is 5.26 Å². The Labute approximate surface area is 138 Å². The molecule has 0 spiro atoms. The average Bonchev–Trinajstić information content (AvgIpc) is 3.15. The number of halogens is 3. The van der Waals surface area contributed by atoms with Crippen molar-refractivity contribution in [1.82, 2.24) is 9.78 Å². The molecule has 1 saturated heterocycles. The molecule has 1 aromatic carbocycles. The SMILES string of the molecule is Cn1cc(CC2CCN(c3cc(C#N)ccc3C(F)(F)F)C2)cn1. The van der Waals surface area contributed by atoms with E-state index < -0.39 is 11.7 Å². The first-order chi connectivity index (χ1) is 11.4. The Morgan fingerprint density at radius 3 is 2.79 bits per heavy atom. The molecule has 0 N–H and O–H groups in total. The Kier molecular flexibility index (Phi) is 4.22. The van der Waals surface area contributed by atoms with Crippen LogP contribution in [0.2, 0.25) is 0 Å². The highest BCUT2D eigenvalue weighted by atomic mass is 19.4. The maximum Gasteiger partial charge on any atom is 0.418 e. The first-order valence-corrected chi connectivity index (χ1v) is 7.70. The third kappa shape index (κ3) is 3.37. The maximum absolute atomic E-state index is 13.3. The lowest BCUT2D eigenvalue weighted by atomic mass is 10.0. The van der Waals surface area contributed by atoms with Crippen LogP contribution in [-0.4, -0.2) is 22.9 Å². The molecule has 126 valence electrons. The molecular weight excluding hydrogens is 317 g/mol. The second-order valence-corrected chi connectivity index (χ2v) is 6.17. The second kappa shape index (κ2) is 6.19. The lowest BCUT2D eigenvalue weighted by molar-refractivity contribution is -0.137. The van der Waals surface area contributed by atoms with Gasteiger partial charge >= 0.3 is 6.18 Å². The third-order valence-corrected chi connectivity index (χ3v) is 4.34. The highest BCUT2D eigenvalue weighted by molar-refractivity contribution is 5.59. The van der Waals surface area contributed by atoms with Gasteiger partial charge in [-0.05, 0) is 42.5 Å². The summed E-state index contributed by atoms with van der Waals surface area (Å²) in [5.41, 5.74) is 0.763. The van der Waals surface area contributed by atoms with E-state index in [0.717, 1.165) is 24.5 Å². The first kappa shape index (κ1) is 16.4. The van der Waals surface area contributed by atoms with Crippen LogP contribution in [0.4, 0.5) is 18.9 Å².